The molecule has 6 heteroatoms. The molecule has 5 nitrogen and oxygen atoms in total. The molecule has 3 heterocycles. The molecule has 1 aliphatic heterocycles. The first-order valence-corrected chi connectivity index (χ1v) is 7.45. The van der Waals surface area contributed by atoms with Crippen molar-refractivity contribution in [1.29, 1.82) is 0 Å². The van der Waals surface area contributed by atoms with E-state index < -0.39 is 0 Å². The molecule has 0 aliphatic carbocycles. The average molecular weight is 280 g/mol. The molecule has 0 aromatic carbocycles. The van der Waals surface area contributed by atoms with Crippen molar-refractivity contribution in [1.82, 2.24) is 9.97 Å². The molecule has 1 fully saturated rings. The van der Waals surface area contributed by atoms with Gasteiger partial charge in [0.1, 0.15) is 36.5 Å². The molecule has 0 amide bonds. The molecule has 2 atom stereocenters. The van der Waals surface area contributed by atoms with E-state index in [2.05, 4.69) is 23.8 Å². The quantitative estimate of drug-likeness (QED) is 0.825. The highest BCUT2D eigenvalue weighted by Crippen LogP contribution is 2.13. The summed E-state index contributed by atoms with van der Waals surface area (Å²) < 4.78 is 6.43. The van der Waals surface area contributed by atoms with Crippen LogP contribution in [0.25, 0.3) is 10.2 Å². The van der Waals surface area contributed by atoms with Gasteiger partial charge in [0.2, 0.25) is 0 Å². The van der Waals surface area contributed by atoms with Crippen LogP contribution in [0, 0.1) is 0 Å². The largest absolute Gasteiger partial charge is 0.364 e. The van der Waals surface area contributed by atoms with Crippen molar-refractivity contribution < 1.29 is 9.64 Å². The third-order valence-electron chi connectivity index (χ3n) is 3.40. The summed E-state index contributed by atoms with van der Waals surface area (Å²) in [6.07, 6.45) is 0.519. The summed E-state index contributed by atoms with van der Waals surface area (Å²) in [6, 6.07) is 1.90. The standard InChI is InChI=1S/C13H17N3O2S/c1-8-5-16(6-9(2)18-8)7-11-14-10-3-4-19-12(10)13(17)15-11/h3-4,8-9H,5-7H2,1-2H3,(H,14,15,17)/p+1/t8-,9-/m1/s1. The van der Waals surface area contributed by atoms with Crippen molar-refractivity contribution in [2.45, 2.75) is 32.6 Å². The minimum Gasteiger partial charge on any atom is -0.364 e. The van der Waals surface area contributed by atoms with Gasteiger partial charge in [-0.05, 0) is 25.3 Å². The highest BCUT2D eigenvalue weighted by Gasteiger charge is 2.26. The first-order chi connectivity index (χ1) is 9.11. The summed E-state index contributed by atoms with van der Waals surface area (Å²) >= 11 is 1.44. The van der Waals surface area contributed by atoms with E-state index in [1.54, 1.807) is 0 Å². The normalized spacial score (nSPS) is 27.8. The third kappa shape index (κ3) is 2.70. The zero-order valence-corrected chi connectivity index (χ0v) is 11.9. The van der Waals surface area contributed by atoms with Gasteiger partial charge in [0.15, 0.2) is 5.82 Å². The lowest BCUT2D eigenvalue weighted by Crippen LogP contribution is -3.14. The number of H-pyrrole nitrogens is 1. The van der Waals surface area contributed by atoms with E-state index in [1.165, 1.54) is 16.2 Å². The average Bonchev–Trinajstić information content (AvgIpc) is 2.75. The number of hydrogen-bond donors (Lipinski definition) is 2. The van der Waals surface area contributed by atoms with Crippen LogP contribution in [0.3, 0.4) is 0 Å². The maximum absolute atomic E-state index is 11.9. The van der Waals surface area contributed by atoms with Crippen LogP contribution in [-0.2, 0) is 11.3 Å². The van der Waals surface area contributed by atoms with Crippen LogP contribution in [-0.4, -0.2) is 35.3 Å². The van der Waals surface area contributed by atoms with Gasteiger partial charge >= 0.3 is 0 Å². The molecule has 1 aliphatic rings. The molecule has 0 bridgehead atoms. The fourth-order valence-electron chi connectivity index (χ4n) is 2.78. The number of morpholine rings is 1. The van der Waals surface area contributed by atoms with Gasteiger partial charge in [-0.25, -0.2) is 4.98 Å². The Labute approximate surface area is 115 Å². The zero-order chi connectivity index (χ0) is 13.4. The molecule has 0 unspecified atom stereocenters. The smallest absolute Gasteiger partial charge is 0.269 e. The number of quaternary nitrogens is 1. The van der Waals surface area contributed by atoms with E-state index in [1.807, 2.05) is 11.4 Å². The molecule has 2 aromatic heterocycles. The monoisotopic (exact) mass is 280 g/mol. The minimum absolute atomic E-state index is 0.0243. The zero-order valence-electron chi connectivity index (χ0n) is 11.1. The summed E-state index contributed by atoms with van der Waals surface area (Å²) in [5.41, 5.74) is 0.779. The lowest BCUT2D eigenvalue weighted by atomic mass is 10.2. The molecule has 3 rings (SSSR count). The molecule has 19 heavy (non-hydrogen) atoms. The van der Waals surface area contributed by atoms with E-state index in [9.17, 15) is 4.79 Å². The highest BCUT2D eigenvalue weighted by molar-refractivity contribution is 7.17. The summed E-state index contributed by atoms with van der Waals surface area (Å²) in [4.78, 5) is 20.7. The maximum Gasteiger partial charge on any atom is 0.269 e. The Bertz CT molecular complexity index is 626. The summed E-state index contributed by atoms with van der Waals surface area (Å²) in [6.45, 7) is 6.84. The SMILES string of the molecule is C[C@@H]1C[NH+](Cc2nc3ccsc3c(=O)[nH]2)C[C@@H](C)O1. The fourth-order valence-corrected chi connectivity index (χ4v) is 3.50. The number of aromatic amines is 1. The maximum atomic E-state index is 11.9. The second kappa shape index (κ2) is 5.03. The van der Waals surface area contributed by atoms with E-state index in [0.29, 0.717) is 4.70 Å². The van der Waals surface area contributed by atoms with E-state index in [4.69, 9.17) is 4.74 Å². The fraction of sp³-hybridized carbons (Fsp3) is 0.538. The molecule has 1 saturated heterocycles. The van der Waals surface area contributed by atoms with Crippen LogP contribution in [0.2, 0.25) is 0 Å². The van der Waals surface area contributed by atoms with Crippen molar-refractivity contribution in [2.24, 2.45) is 0 Å². The van der Waals surface area contributed by atoms with Crippen molar-refractivity contribution >= 4 is 21.6 Å². The number of ether oxygens (including phenoxy) is 1. The number of rotatable bonds is 2. The van der Waals surface area contributed by atoms with Crippen LogP contribution < -0.4 is 10.5 Å². The molecule has 0 radical (unpaired) electrons. The van der Waals surface area contributed by atoms with Gasteiger partial charge in [0, 0.05) is 0 Å². The van der Waals surface area contributed by atoms with Gasteiger partial charge in [-0.1, -0.05) is 0 Å². The lowest BCUT2D eigenvalue weighted by molar-refractivity contribution is -0.928. The number of thiophene rings is 1. The Morgan fingerprint density at radius 1 is 1.47 bits per heavy atom. The Balaban J connectivity index is 1.83. The van der Waals surface area contributed by atoms with Crippen LogP contribution in [0.15, 0.2) is 16.2 Å². The minimum atomic E-state index is -0.0243. The molecule has 2 aromatic rings. The van der Waals surface area contributed by atoms with Gasteiger partial charge in [0.25, 0.3) is 5.56 Å². The molecule has 0 spiro atoms. The van der Waals surface area contributed by atoms with Crippen molar-refractivity contribution in [3.63, 3.8) is 0 Å². The summed E-state index contributed by atoms with van der Waals surface area (Å²) in [5.74, 6) is 0.771. The number of nitrogens with zero attached hydrogens (tertiary/aromatic N) is 1. The van der Waals surface area contributed by atoms with Gasteiger partial charge in [-0.2, -0.15) is 0 Å². The summed E-state index contributed by atoms with van der Waals surface area (Å²) in [7, 11) is 0. The lowest BCUT2D eigenvalue weighted by Gasteiger charge is -2.32. The highest BCUT2D eigenvalue weighted by atomic mass is 32.1. The van der Waals surface area contributed by atoms with E-state index in [0.717, 1.165) is 31.0 Å². The molecule has 0 saturated carbocycles. The Kier molecular flexibility index (Phi) is 3.38. The Morgan fingerprint density at radius 3 is 2.95 bits per heavy atom. The summed E-state index contributed by atoms with van der Waals surface area (Å²) in [5, 5.41) is 1.91. The number of nitrogens with one attached hydrogen (secondary N) is 2. The van der Waals surface area contributed by atoms with E-state index >= 15 is 0 Å². The van der Waals surface area contributed by atoms with Crippen LogP contribution in [0.1, 0.15) is 19.7 Å². The van der Waals surface area contributed by atoms with Gasteiger partial charge in [0.05, 0.1) is 5.52 Å². The first-order valence-electron chi connectivity index (χ1n) is 6.57. The van der Waals surface area contributed by atoms with Gasteiger partial charge in [-0.3, -0.25) is 4.79 Å². The van der Waals surface area contributed by atoms with Gasteiger partial charge < -0.3 is 14.6 Å². The molecule has 102 valence electrons. The molecular weight excluding hydrogens is 262 g/mol. The van der Waals surface area contributed by atoms with E-state index in [-0.39, 0.29) is 17.8 Å². The van der Waals surface area contributed by atoms with Crippen molar-refractivity contribution in [2.75, 3.05) is 13.1 Å². The first kappa shape index (κ1) is 12.8. The third-order valence-corrected chi connectivity index (χ3v) is 4.30. The molecular formula is C13H18N3O2S+. The second-order valence-corrected chi connectivity index (χ2v) is 6.16. The molecule has 2 N–H and O–H groups in total. The van der Waals surface area contributed by atoms with Gasteiger partial charge in [-0.15, -0.1) is 11.3 Å². The number of hydrogen-bond acceptors (Lipinski definition) is 4. The van der Waals surface area contributed by atoms with Crippen LogP contribution in [0.4, 0.5) is 0 Å². The Hall–Kier alpha value is -1.24. The number of aromatic nitrogens is 2. The van der Waals surface area contributed by atoms with Crippen LogP contribution in [0.5, 0.6) is 0 Å². The van der Waals surface area contributed by atoms with Crippen molar-refractivity contribution in [3.05, 3.63) is 27.6 Å². The predicted molar refractivity (Wildman–Crippen MR) is 74.7 cm³/mol. The second-order valence-electron chi connectivity index (χ2n) is 5.24. The predicted octanol–water partition coefficient (Wildman–Crippen LogP) is 0.177. The van der Waals surface area contributed by atoms with Crippen LogP contribution >= 0.6 is 11.3 Å². The van der Waals surface area contributed by atoms with Crippen molar-refractivity contribution in [3.8, 4) is 0 Å². The number of fused-ring (bicyclic) bond motifs is 1. The Morgan fingerprint density at radius 2 is 2.21 bits per heavy atom. The topological polar surface area (TPSA) is 59.4 Å².